The van der Waals surface area contributed by atoms with Crippen molar-refractivity contribution in [2.24, 2.45) is 10.2 Å². The van der Waals surface area contributed by atoms with Crippen LogP contribution in [0.25, 0.3) is 0 Å². The molecule has 6 heteroatoms. The molecule has 0 aliphatic rings. The van der Waals surface area contributed by atoms with Crippen molar-refractivity contribution in [2.75, 3.05) is 0 Å². The summed E-state index contributed by atoms with van der Waals surface area (Å²) in [6.07, 6.45) is 2.64. The lowest BCUT2D eigenvalue weighted by Crippen LogP contribution is -2.08. The summed E-state index contributed by atoms with van der Waals surface area (Å²) in [6.45, 7) is 2.17. The van der Waals surface area contributed by atoms with Gasteiger partial charge in [0, 0.05) is 0 Å². The Morgan fingerprint density at radius 3 is 2.08 bits per heavy atom. The predicted molar refractivity (Wildman–Crippen MR) is 96.3 cm³/mol. The van der Waals surface area contributed by atoms with Crippen LogP contribution >= 0.6 is 0 Å². The van der Waals surface area contributed by atoms with Crippen molar-refractivity contribution in [3.8, 4) is 0 Å². The predicted octanol–water partition coefficient (Wildman–Crippen LogP) is 6.03. The van der Waals surface area contributed by atoms with Gasteiger partial charge < -0.3 is 0 Å². The molecule has 0 aliphatic heterocycles. The first kappa shape index (κ1) is 19.8. The van der Waals surface area contributed by atoms with Crippen molar-refractivity contribution in [3.05, 3.63) is 70.5 Å². The van der Waals surface area contributed by atoms with E-state index in [-0.39, 0.29) is 5.56 Å². The molecular formula is C20H20F4N2. The summed E-state index contributed by atoms with van der Waals surface area (Å²) in [4.78, 5) is 0. The van der Waals surface area contributed by atoms with Crippen molar-refractivity contribution < 1.29 is 17.6 Å². The van der Waals surface area contributed by atoms with Gasteiger partial charge >= 0.3 is 6.18 Å². The first-order valence-corrected chi connectivity index (χ1v) is 8.42. The number of halogens is 4. The molecule has 0 heterocycles. The summed E-state index contributed by atoms with van der Waals surface area (Å²) in [5.74, 6) is -1.33. The zero-order valence-electron chi connectivity index (χ0n) is 14.4. The fourth-order valence-corrected chi connectivity index (χ4v) is 2.39. The maximum Gasteiger partial charge on any atom is 0.419 e. The third-order valence-corrected chi connectivity index (χ3v) is 3.83. The maximum absolute atomic E-state index is 13.4. The molecule has 2 aromatic rings. The Morgan fingerprint density at radius 1 is 0.885 bits per heavy atom. The van der Waals surface area contributed by atoms with E-state index in [4.69, 9.17) is 0 Å². The quantitative estimate of drug-likeness (QED) is 0.248. The summed E-state index contributed by atoms with van der Waals surface area (Å²) >= 11 is 0. The van der Waals surface area contributed by atoms with E-state index in [0.717, 1.165) is 30.5 Å². The van der Waals surface area contributed by atoms with Crippen molar-refractivity contribution >= 4 is 12.4 Å². The van der Waals surface area contributed by atoms with Crippen LogP contribution in [0.3, 0.4) is 0 Å². The number of hydrogen-bond donors (Lipinski definition) is 0. The molecule has 2 rings (SSSR count). The van der Waals surface area contributed by atoms with Gasteiger partial charge in [0.05, 0.1) is 18.0 Å². The Morgan fingerprint density at radius 2 is 1.50 bits per heavy atom. The zero-order valence-corrected chi connectivity index (χ0v) is 14.4. The highest BCUT2D eigenvalue weighted by atomic mass is 19.4. The Kier molecular flexibility index (Phi) is 7.06. The molecule has 2 aromatic carbocycles. The van der Waals surface area contributed by atoms with E-state index >= 15 is 0 Å². The van der Waals surface area contributed by atoms with Crippen molar-refractivity contribution in [1.82, 2.24) is 0 Å². The van der Waals surface area contributed by atoms with Crippen LogP contribution in [0.5, 0.6) is 0 Å². The second-order valence-electron chi connectivity index (χ2n) is 5.92. The fraction of sp³-hybridized carbons (Fsp3) is 0.300. The first-order chi connectivity index (χ1) is 12.4. The third kappa shape index (κ3) is 6.10. The highest BCUT2D eigenvalue weighted by Gasteiger charge is 2.33. The van der Waals surface area contributed by atoms with Crippen LogP contribution in [0.1, 0.15) is 48.4 Å². The molecule has 0 amide bonds. The largest absolute Gasteiger partial charge is 0.419 e. The molecule has 26 heavy (non-hydrogen) atoms. The molecule has 0 spiro atoms. The molecule has 0 bridgehead atoms. The number of rotatable bonds is 7. The van der Waals surface area contributed by atoms with Crippen LogP contribution in [-0.4, -0.2) is 12.4 Å². The number of benzene rings is 2. The highest BCUT2D eigenvalue weighted by Crippen LogP contribution is 2.31. The number of aryl methyl sites for hydroxylation is 1. The zero-order chi connectivity index (χ0) is 19.0. The lowest BCUT2D eigenvalue weighted by Gasteiger charge is -2.07. The fourth-order valence-electron chi connectivity index (χ4n) is 2.39. The second-order valence-corrected chi connectivity index (χ2v) is 5.92. The van der Waals surface area contributed by atoms with E-state index < -0.39 is 17.6 Å². The van der Waals surface area contributed by atoms with E-state index in [0.29, 0.717) is 6.07 Å². The van der Waals surface area contributed by atoms with Gasteiger partial charge in [-0.3, -0.25) is 0 Å². The summed E-state index contributed by atoms with van der Waals surface area (Å²) in [5, 5.41) is 7.59. The van der Waals surface area contributed by atoms with Crippen LogP contribution in [0.2, 0.25) is 0 Å². The van der Waals surface area contributed by atoms with Gasteiger partial charge in [0.25, 0.3) is 0 Å². The second kappa shape index (κ2) is 9.27. The lowest BCUT2D eigenvalue weighted by molar-refractivity contribution is -0.140. The summed E-state index contributed by atoms with van der Waals surface area (Å²) in [6, 6.07) is 10.6. The van der Waals surface area contributed by atoms with Gasteiger partial charge in [0.1, 0.15) is 5.82 Å². The van der Waals surface area contributed by atoms with Gasteiger partial charge in [-0.2, -0.15) is 23.4 Å². The maximum atomic E-state index is 13.4. The molecule has 0 N–H and O–H groups in total. The summed E-state index contributed by atoms with van der Waals surface area (Å²) < 4.78 is 50.9. The smallest absolute Gasteiger partial charge is 0.206 e. The monoisotopic (exact) mass is 364 g/mol. The normalized spacial score (nSPS) is 12.3. The van der Waals surface area contributed by atoms with E-state index in [1.54, 1.807) is 0 Å². The minimum absolute atomic E-state index is 0.207. The average Bonchev–Trinajstić information content (AvgIpc) is 2.59. The van der Waals surface area contributed by atoms with Crippen LogP contribution in [0, 0.1) is 5.82 Å². The van der Waals surface area contributed by atoms with Crippen LogP contribution in [0.4, 0.5) is 17.6 Å². The molecule has 0 atom stereocenters. The van der Waals surface area contributed by atoms with Crippen molar-refractivity contribution in [1.29, 1.82) is 0 Å². The standard InChI is InChI=1S/C20H20F4N2/c1-2-3-4-5-15-6-8-16(9-7-15)13-25-26-14-17-10-11-18(19(21)12-17)20(22,23)24/h6-14H,2-5H2,1H3. The van der Waals surface area contributed by atoms with Crippen molar-refractivity contribution in [3.63, 3.8) is 0 Å². The SMILES string of the molecule is CCCCCc1ccc(C=NN=Cc2ccc(C(F)(F)F)c(F)c2)cc1. The number of unbranched alkanes of at least 4 members (excludes halogenated alkanes) is 2. The summed E-state index contributed by atoms with van der Waals surface area (Å²) in [5.41, 5.74) is 1.04. The molecule has 2 nitrogen and oxygen atoms in total. The van der Waals surface area contributed by atoms with Gasteiger partial charge in [-0.05, 0) is 41.7 Å². The lowest BCUT2D eigenvalue weighted by atomic mass is 10.1. The Bertz CT molecular complexity index is 762. The molecule has 0 unspecified atom stereocenters. The number of nitrogens with zero attached hydrogens (tertiary/aromatic N) is 2. The van der Waals surface area contributed by atoms with E-state index in [2.05, 4.69) is 17.1 Å². The molecule has 0 fully saturated rings. The minimum atomic E-state index is -4.71. The van der Waals surface area contributed by atoms with Crippen LogP contribution in [-0.2, 0) is 12.6 Å². The van der Waals surface area contributed by atoms with Gasteiger partial charge in [0.2, 0.25) is 0 Å². The van der Waals surface area contributed by atoms with Crippen LogP contribution in [0.15, 0.2) is 52.7 Å². The van der Waals surface area contributed by atoms with Crippen molar-refractivity contribution in [2.45, 2.75) is 38.8 Å². The topological polar surface area (TPSA) is 24.7 Å². The Balaban J connectivity index is 1.94. The highest BCUT2D eigenvalue weighted by molar-refractivity contribution is 5.82. The molecule has 0 radical (unpaired) electrons. The van der Waals surface area contributed by atoms with Gasteiger partial charge in [-0.15, -0.1) is 0 Å². The molecule has 0 saturated heterocycles. The molecule has 0 aliphatic carbocycles. The molecular weight excluding hydrogens is 344 g/mol. The third-order valence-electron chi connectivity index (χ3n) is 3.83. The Hall–Kier alpha value is -2.50. The minimum Gasteiger partial charge on any atom is -0.206 e. The molecule has 0 saturated carbocycles. The van der Waals surface area contributed by atoms with E-state index in [1.807, 2.05) is 24.3 Å². The number of alkyl halides is 3. The molecule has 0 aromatic heterocycles. The first-order valence-electron chi connectivity index (χ1n) is 8.42. The van der Waals surface area contributed by atoms with Crippen LogP contribution < -0.4 is 0 Å². The Labute approximate surface area is 150 Å². The van der Waals surface area contributed by atoms with E-state index in [9.17, 15) is 17.6 Å². The van der Waals surface area contributed by atoms with Gasteiger partial charge in [-0.25, -0.2) is 4.39 Å². The van der Waals surface area contributed by atoms with E-state index in [1.165, 1.54) is 30.8 Å². The summed E-state index contributed by atoms with van der Waals surface area (Å²) in [7, 11) is 0. The van der Waals surface area contributed by atoms with Gasteiger partial charge in [-0.1, -0.05) is 50.1 Å². The van der Waals surface area contributed by atoms with Gasteiger partial charge in [0.15, 0.2) is 0 Å². The average molecular weight is 364 g/mol. The number of hydrogen-bond acceptors (Lipinski definition) is 2. The molecule has 138 valence electrons.